The maximum Gasteiger partial charge on any atom is 0.0735 e. The molecule has 2 nitrogen and oxygen atoms in total. The highest BCUT2D eigenvalue weighted by Crippen LogP contribution is 2.24. The van der Waals surface area contributed by atoms with Gasteiger partial charge in [0, 0.05) is 9.75 Å². The largest absolute Gasteiger partial charge is 0.271 e. The molecule has 78 valence electrons. The van der Waals surface area contributed by atoms with E-state index >= 15 is 0 Å². The molecule has 3 heteroatoms. The van der Waals surface area contributed by atoms with Crippen LogP contribution in [0.1, 0.15) is 36.6 Å². The van der Waals surface area contributed by atoms with Gasteiger partial charge in [-0.2, -0.15) is 0 Å². The predicted molar refractivity (Wildman–Crippen MR) is 63.2 cm³/mol. The van der Waals surface area contributed by atoms with E-state index in [-0.39, 0.29) is 6.04 Å². The highest BCUT2D eigenvalue weighted by molar-refractivity contribution is 7.12. The van der Waals surface area contributed by atoms with Crippen LogP contribution in [0, 0.1) is 0 Å². The Kier molecular flexibility index (Phi) is 4.32. The summed E-state index contributed by atoms with van der Waals surface area (Å²) in [6.45, 7) is 6.33. The molecule has 1 atom stereocenters. The lowest BCUT2D eigenvalue weighted by molar-refractivity contribution is 0.662. The third kappa shape index (κ3) is 2.94. The fourth-order valence-electron chi connectivity index (χ4n) is 1.30. The van der Waals surface area contributed by atoms with Crippen molar-refractivity contribution in [1.82, 2.24) is 5.43 Å². The highest BCUT2D eigenvalue weighted by atomic mass is 32.1. The minimum absolute atomic E-state index is 0.158. The number of thiophene rings is 1. The summed E-state index contributed by atoms with van der Waals surface area (Å²) >= 11 is 1.82. The molecule has 0 saturated heterocycles. The number of allylic oxidation sites excluding steroid dienone is 1. The van der Waals surface area contributed by atoms with E-state index in [1.165, 1.54) is 15.3 Å². The molecule has 1 aromatic rings. The molecule has 0 aromatic carbocycles. The van der Waals surface area contributed by atoms with Crippen molar-refractivity contribution in [2.75, 3.05) is 0 Å². The van der Waals surface area contributed by atoms with Crippen LogP contribution in [-0.4, -0.2) is 0 Å². The third-order valence-corrected chi connectivity index (χ3v) is 3.33. The molecule has 1 aromatic heterocycles. The molecule has 0 aliphatic carbocycles. The van der Waals surface area contributed by atoms with Crippen molar-refractivity contribution in [3.8, 4) is 0 Å². The number of nitrogens with two attached hydrogens (primary N) is 1. The van der Waals surface area contributed by atoms with Crippen molar-refractivity contribution >= 4 is 11.3 Å². The number of hydrogen-bond donors (Lipinski definition) is 2. The van der Waals surface area contributed by atoms with Gasteiger partial charge >= 0.3 is 0 Å². The monoisotopic (exact) mass is 210 g/mol. The molecule has 1 unspecified atom stereocenters. The Labute approximate surface area is 89.8 Å². The van der Waals surface area contributed by atoms with E-state index in [4.69, 9.17) is 5.84 Å². The van der Waals surface area contributed by atoms with Crippen molar-refractivity contribution in [3.63, 3.8) is 0 Å². The molecule has 1 heterocycles. The van der Waals surface area contributed by atoms with Gasteiger partial charge in [0.05, 0.1) is 6.04 Å². The lowest BCUT2D eigenvalue weighted by Crippen LogP contribution is -2.26. The van der Waals surface area contributed by atoms with Crippen molar-refractivity contribution in [2.24, 2.45) is 5.84 Å². The predicted octanol–water partition coefficient (Wildman–Crippen LogP) is 2.78. The van der Waals surface area contributed by atoms with E-state index in [1.54, 1.807) is 0 Å². The van der Waals surface area contributed by atoms with E-state index in [9.17, 15) is 0 Å². The zero-order chi connectivity index (χ0) is 10.6. The van der Waals surface area contributed by atoms with Gasteiger partial charge in [-0.3, -0.25) is 5.84 Å². The van der Waals surface area contributed by atoms with E-state index in [2.05, 4.69) is 44.4 Å². The number of aryl methyl sites for hydroxylation is 1. The van der Waals surface area contributed by atoms with Crippen LogP contribution in [0.2, 0.25) is 0 Å². The van der Waals surface area contributed by atoms with Gasteiger partial charge in [0.1, 0.15) is 0 Å². The summed E-state index contributed by atoms with van der Waals surface area (Å²) in [6, 6.07) is 4.47. The molecule has 0 radical (unpaired) electrons. The van der Waals surface area contributed by atoms with Gasteiger partial charge in [0.15, 0.2) is 0 Å². The van der Waals surface area contributed by atoms with Crippen molar-refractivity contribution in [3.05, 3.63) is 33.5 Å². The van der Waals surface area contributed by atoms with Crippen molar-refractivity contribution < 1.29 is 0 Å². The van der Waals surface area contributed by atoms with Crippen LogP contribution in [0.25, 0.3) is 0 Å². The van der Waals surface area contributed by atoms with Crippen LogP contribution < -0.4 is 11.3 Å². The van der Waals surface area contributed by atoms with Gasteiger partial charge in [-0.25, -0.2) is 5.43 Å². The summed E-state index contributed by atoms with van der Waals surface area (Å²) in [6.07, 6.45) is 3.24. The number of hydrazine groups is 1. The maximum atomic E-state index is 5.52. The highest BCUT2D eigenvalue weighted by Gasteiger charge is 2.08. The summed E-state index contributed by atoms with van der Waals surface area (Å²) in [7, 11) is 0. The fraction of sp³-hybridized carbons (Fsp3) is 0.455. The molecule has 0 spiro atoms. The van der Waals surface area contributed by atoms with E-state index in [1.807, 2.05) is 11.3 Å². The van der Waals surface area contributed by atoms with Gasteiger partial charge in [0.25, 0.3) is 0 Å². The molecule has 0 aliphatic rings. The standard InChI is InChI=1S/C11H18N2S/c1-4-9-5-6-11(14-9)10(13-12)7-8(2)3/h5-7,10,13H,4,12H2,1-3H3. The van der Waals surface area contributed by atoms with Crippen LogP contribution in [0.5, 0.6) is 0 Å². The summed E-state index contributed by atoms with van der Waals surface area (Å²) in [4.78, 5) is 2.69. The third-order valence-electron chi connectivity index (χ3n) is 2.02. The summed E-state index contributed by atoms with van der Waals surface area (Å²) in [5.74, 6) is 5.52. The van der Waals surface area contributed by atoms with Crippen LogP contribution in [0.4, 0.5) is 0 Å². The topological polar surface area (TPSA) is 38.0 Å². The maximum absolute atomic E-state index is 5.52. The minimum Gasteiger partial charge on any atom is -0.271 e. The Hall–Kier alpha value is -0.640. The lowest BCUT2D eigenvalue weighted by atomic mass is 10.2. The summed E-state index contributed by atoms with van der Waals surface area (Å²) < 4.78 is 0. The Morgan fingerprint density at radius 2 is 2.29 bits per heavy atom. The van der Waals surface area contributed by atoms with E-state index < -0.39 is 0 Å². The number of nitrogens with one attached hydrogen (secondary N) is 1. The molecule has 0 saturated carbocycles. The molecular formula is C11H18N2S. The van der Waals surface area contributed by atoms with Gasteiger partial charge in [0.2, 0.25) is 0 Å². The first-order chi connectivity index (χ1) is 6.67. The lowest BCUT2D eigenvalue weighted by Gasteiger charge is -2.09. The van der Waals surface area contributed by atoms with Crippen molar-refractivity contribution in [1.29, 1.82) is 0 Å². The second-order valence-corrected chi connectivity index (χ2v) is 4.75. The molecule has 3 N–H and O–H groups in total. The average molecular weight is 210 g/mol. The quantitative estimate of drug-likeness (QED) is 0.455. The molecule has 0 amide bonds. The Morgan fingerprint density at radius 3 is 2.71 bits per heavy atom. The minimum atomic E-state index is 0.158. The Bertz CT molecular complexity index is 311. The molecule has 1 rings (SSSR count). The van der Waals surface area contributed by atoms with E-state index in [0.717, 1.165) is 6.42 Å². The van der Waals surface area contributed by atoms with Gasteiger partial charge in [-0.1, -0.05) is 18.6 Å². The summed E-state index contributed by atoms with van der Waals surface area (Å²) in [5, 5.41) is 0. The average Bonchev–Trinajstić information content (AvgIpc) is 2.62. The van der Waals surface area contributed by atoms with Crippen LogP contribution in [0.3, 0.4) is 0 Å². The SMILES string of the molecule is CCc1ccc(C(C=C(C)C)NN)s1. The van der Waals surface area contributed by atoms with Gasteiger partial charge in [-0.15, -0.1) is 11.3 Å². The number of rotatable bonds is 4. The smallest absolute Gasteiger partial charge is 0.0735 e. The normalized spacial score (nSPS) is 12.6. The molecule has 0 fully saturated rings. The molecule has 0 aliphatic heterocycles. The first kappa shape index (κ1) is 11.4. The van der Waals surface area contributed by atoms with Crippen LogP contribution >= 0.6 is 11.3 Å². The zero-order valence-electron chi connectivity index (χ0n) is 9.00. The van der Waals surface area contributed by atoms with Gasteiger partial charge in [-0.05, 0) is 32.4 Å². The second kappa shape index (κ2) is 5.29. The van der Waals surface area contributed by atoms with Gasteiger partial charge < -0.3 is 0 Å². The molecular weight excluding hydrogens is 192 g/mol. The first-order valence-corrected chi connectivity index (χ1v) is 5.68. The number of hydrogen-bond acceptors (Lipinski definition) is 3. The van der Waals surface area contributed by atoms with Crippen molar-refractivity contribution in [2.45, 2.75) is 33.2 Å². The zero-order valence-corrected chi connectivity index (χ0v) is 9.82. The van der Waals surface area contributed by atoms with Crippen LogP contribution in [-0.2, 0) is 6.42 Å². The molecule has 14 heavy (non-hydrogen) atoms. The second-order valence-electron chi connectivity index (χ2n) is 3.55. The molecule has 0 bridgehead atoms. The first-order valence-electron chi connectivity index (χ1n) is 4.87. The van der Waals surface area contributed by atoms with Crippen LogP contribution in [0.15, 0.2) is 23.8 Å². The summed E-state index contributed by atoms with van der Waals surface area (Å²) in [5.41, 5.74) is 4.10. The Balaban J connectivity index is 2.84. The van der Waals surface area contributed by atoms with E-state index in [0.29, 0.717) is 0 Å². The fourth-order valence-corrected chi connectivity index (χ4v) is 2.28. The Morgan fingerprint density at radius 1 is 1.57 bits per heavy atom.